The molecule has 7 nitrogen and oxygen atoms in total. The first-order valence-electron chi connectivity index (χ1n) is 7.55. The quantitative estimate of drug-likeness (QED) is 0.707. The fourth-order valence-corrected chi connectivity index (χ4v) is 2.87. The molecule has 1 amide bonds. The summed E-state index contributed by atoms with van der Waals surface area (Å²) in [6, 6.07) is -0.250. The number of likely N-dealkylation sites (N-methyl/N-ethyl adjacent to an activating group) is 1. The van der Waals surface area contributed by atoms with E-state index >= 15 is 0 Å². The molecule has 2 fully saturated rings. The van der Waals surface area contributed by atoms with Crippen molar-refractivity contribution in [3.63, 3.8) is 0 Å². The largest absolute Gasteiger partial charge is 0.468 e. The van der Waals surface area contributed by atoms with Gasteiger partial charge in [0.15, 0.2) is 0 Å². The maximum Gasteiger partial charge on any atom is 0.323 e. The Bertz CT molecular complexity index is 371. The van der Waals surface area contributed by atoms with Crippen molar-refractivity contribution in [2.24, 2.45) is 0 Å². The first-order valence-corrected chi connectivity index (χ1v) is 7.55. The van der Waals surface area contributed by atoms with Crippen LogP contribution in [0.15, 0.2) is 0 Å². The van der Waals surface area contributed by atoms with Crippen molar-refractivity contribution in [1.29, 1.82) is 0 Å². The predicted molar refractivity (Wildman–Crippen MR) is 76.4 cm³/mol. The maximum atomic E-state index is 12.0. The number of nitrogens with zero attached hydrogens (tertiary/aromatic N) is 2. The van der Waals surface area contributed by atoms with Crippen molar-refractivity contribution >= 4 is 11.9 Å². The number of likely N-dealkylation sites (tertiary alicyclic amines) is 1. The Morgan fingerprint density at radius 1 is 1.38 bits per heavy atom. The van der Waals surface area contributed by atoms with Gasteiger partial charge in [-0.2, -0.15) is 5.06 Å². The van der Waals surface area contributed by atoms with E-state index in [9.17, 15) is 9.59 Å². The van der Waals surface area contributed by atoms with Gasteiger partial charge in [-0.15, -0.1) is 0 Å². The van der Waals surface area contributed by atoms with E-state index in [-0.39, 0.29) is 24.0 Å². The van der Waals surface area contributed by atoms with E-state index in [0.717, 1.165) is 26.0 Å². The molecule has 0 aliphatic carbocycles. The van der Waals surface area contributed by atoms with Gasteiger partial charge in [-0.05, 0) is 26.3 Å². The zero-order chi connectivity index (χ0) is 15.2. The van der Waals surface area contributed by atoms with Crippen LogP contribution in [0.2, 0.25) is 0 Å². The summed E-state index contributed by atoms with van der Waals surface area (Å²) in [4.78, 5) is 30.9. The summed E-state index contributed by atoms with van der Waals surface area (Å²) in [6.07, 6.45) is 3.24. The van der Waals surface area contributed by atoms with Crippen molar-refractivity contribution in [2.75, 3.05) is 40.4 Å². The number of rotatable bonds is 5. The summed E-state index contributed by atoms with van der Waals surface area (Å²) in [7, 11) is 3.26. The Kier molecular flexibility index (Phi) is 5.96. The number of amides is 1. The highest BCUT2D eigenvalue weighted by atomic mass is 16.7. The van der Waals surface area contributed by atoms with Gasteiger partial charge in [0.25, 0.3) is 0 Å². The minimum absolute atomic E-state index is 0.00749. The third-order valence-corrected chi connectivity index (χ3v) is 4.05. The van der Waals surface area contributed by atoms with E-state index in [1.165, 1.54) is 7.11 Å². The first kappa shape index (κ1) is 16.2. The molecule has 0 unspecified atom stereocenters. The molecule has 0 radical (unpaired) electrons. The highest BCUT2D eigenvalue weighted by Crippen LogP contribution is 2.17. The van der Waals surface area contributed by atoms with Gasteiger partial charge in [-0.25, -0.2) is 0 Å². The molecule has 2 rings (SSSR count). The number of hydroxylamine groups is 2. The minimum Gasteiger partial charge on any atom is -0.468 e. The molecule has 0 spiro atoms. The summed E-state index contributed by atoms with van der Waals surface area (Å²) >= 11 is 0. The number of carbonyl (C=O) groups excluding carboxylic acids is 2. The Morgan fingerprint density at radius 2 is 2.19 bits per heavy atom. The lowest BCUT2D eigenvalue weighted by molar-refractivity contribution is -0.181. The summed E-state index contributed by atoms with van der Waals surface area (Å²) in [5, 5.41) is 4.85. The van der Waals surface area contributed by atoms with Gasteiger partial charge in [0.05, 0.1) is 13.7 Å². The molecule has 2 aliphatic rings. The second-order valence-electron chi connectivity index (χ2n) is 5.70. The zero-order valence-corrected chi connectivity index (χ0v) is 12.8. The number of carbonyl (C=O) groups is 2. The van der Waals surface area contributed by atoms with Crippen LogP contribution in [0.3, 0.4) is 0 Å². The Labute approximate surface area is 125 Å². The highest BCUT2D eigenvalue weighted by Gasteiger charge is 2.35. The Balaban J connectivity index is 1.69. The average molecular weight is 299 g/mol. The average Bonchev–Trinajstić information content (AvgIpc) is 2.86. The van der Waals surface area contributed by atoms with Gasteiger partial charge in [0.1, 0.15) is 6.04 Å². The van der Waals surface area contributed by atoms with Gasteiger partial charge < -0.3 is 10.1 Å². The van der Waals surface area contributed by atoms with Crippen molar-refractivity contribution in [3.05, 3.63) is 0 Å². The third-order valence-electron chi connectivity index (χ3n) is 4.05. The number of hydrogen-bond acceptors (Lipinski definition) is 6. The minimum atomic E-state index is -0.259. The number of esters is 1. The summed E-state index contributed by atoms with van der Waals surface area (Å²) in [5.41, 5.74) is 0. The fraction of sp³-hybridized carbons (Fsp3) is 0.857. The molecule has 120 valence electrons. The molecule has 2 heterocycles. The van der Waals surface area contributed by atoms with E-state index < -0.39 is 0 Å². The molecule has 0 aromatic heterocycles. The Hall–Kier alpha value is -1.18. The third kappa shape index (κ3) is 4.66. The van der Waals surface area contributed by atoms with E-state index in [4.69, 9.17) is 9.57 Å². The van der Waals surface area contributed by atoms with Crippen molar-refractivity contribution in [3.8, 4) is 0 Å². The molecule has 21 heavy (non-hydrogen) atoms. The van der Waals surface area contributed by atoms with Crippen LogP contribution in [0, 0.1) is 0 Å². The van der Waals surface area contributed by atoms with Gasteiger partial charge >= 0.3 is 5.97 Å². The van der Waals surface area contributed by atoms with Crippen molar-refractivity contribution in [2.45, 2.75) is 37.8 Å². The van der Waals surface area contributed by atoms with Crippen molar-refractivity contribution in [1.82, 2.24) is 15.3 Å². The Morgan fingerprint density at radius 3 is 2.86 bits per heavy atom. The number of ether oxygens (including phenoxy) is 1. The second-order valence-corrected chi connectivity index (χ2v) is 5.70. The molecule has 0 saturated carbocycles. The first-order chi connectivity index (χ1) is 10.1. The van der Waals surface area contributed by atoms with Crippen LogP contribution in [0.1, 0.15) is 25.7 Å². The summed E-state index contributed by atoms with van der Waals surface area (Å²) in [6.45, 7) is 2.93. The van der Waals surface area contributed by atoms with Crippen molar-refractivity contribution < 1.29 is 19.2 Å². The summed E-state index contributed by atoms with van der Waals surface area (Å²) in [5.74, 6) is -0.232. The molecule has 2 saturated heterocycles. The SMILES string of the molecule is COC(=O)[C@@H]1C[C@H](NC(=O)CCN2CCCCO2)CN1C. The van der Waals surface area contributed by atoms with E-state index in [1.807, 2.05) is 17.0 Å². The lowest BCUT2D eigenvalue weighted by atomic mass is 10.1. The molecule has 0 aromatic rings. The number of nitrogens with one attached hydrogen (secondary N) is 1. The van der Waals surface area contributed by atoms with Crippen LogP contribution in [0.4, 0.5) is 0 Å². The van der Waals surface area contributed by atoms with Gasteiger partial charge in [0, 0.05) is 32.1 Å². The number of hydrogen-bond donors (Lipinski definition) is 1. The molecule has 1 N–H and O–H groups in total. The van der Waals surface area contributed by atoms with Gasteiger partial charge in [-0.3, -0.25) is 19.3 Å². The smallest absolute Gasteiger partial charge is 0.323 e. The molecule has 0 aromatic carbocycles. The van der Waals surface area contributed by atoms with Crippen LogP contribution >= 0.6 is 0 Å². The maximum absolute atomic E-state index is 12.0. The van der Waals surface area contributed by atoms with Crippen LogP contribution in [-0.2, 0) is 19.2 Å². The molecular formula is C14H25N3O4. The lowest BCUT2D eigenvalue weighted by Gasteiger charge is -2.25. The topological polar surface area (TPSA) is 71.1 Å². The molecular weight excluding hydrogens is 274 g/mol. The highest BCUT2D eigenvalue weighted by molar-refractivity contribution is 5.78. The van der Waals surface area contributed by atoms with Gasteiger partial charge in [-0.1, -0.05) is 0 Å². The second kappa shape index (κ2) is 7.72. The molecule has 0 bridgehead atoms. The molecule has 7 heteroatoms. The monoisotopic (exact) mass is 299 g/mol. The lowest BCUT2D eigenvalue weighted by Crippen LogP contribution is -2.39. The molecule has 2 aliphatic heterocycles. The summed E-state index contributed by atoms with van der Waals surface area (Å²) < 4.78 is 4.77. The van der Waals surface area contributed by atoms with Crippen LogP contribution in [0.25, 0.3) is 0 Å². The standard InChI is InChI=1S/C14H25N3O4/c1-16-10-11(9-12(16)14(19)20-2)15-13(18)5-7-17-6-3-4-8-21-17/h11-12H,3-10H2,1-2H3,(H,15,18)/t11-,12-/m0/s1. The van der Waals surface area contributed by atoms with E-state index in [2.05, 4.69) is 5.32 Å². The van der Waals surface area contributed by atoms with E-state index in [1.54, 1.807) is 0 Å². The van der Waals surface area contributed by atoms with Crippen LogP contribution < -0.4 is 5.32 Å². The van der Waals surface area contributed by atoms with Gasteiger partial charge in [0.2, 0.25) is 5.91 Å². The normalized spacial score (nSPS) is 27.5. The zero-order valence-electron chi connectivity index (χ0n) is 12.8. The van der Waals surface area contributed by atoms with Crippen LogP contribution in [0.5, 0.6) is 0 Å². The van der Waals surface area contributed by atoms with E-state index in [0.29, 0.717) is 25.9 Å². The predicted octanol–water partition coefficient (Wildman–Crippen LogP) is -0.234. The fourth-order valence-electron chi connectivity index (χ4n) is 2.87. The number of methoxy groups -OCH3 is 1. The van der Waals surface area contributed by atoms with Crippen LogP contribution in [-0.4, -0.2) is 74.3 Å². The molecule has 2 atom stereocenters.